The van der Waals surface area contributed by atoms with Crippen LogP contribution in [0, 0.1) is 5.92 Å². The van der Waals surface area contributed by atoms with Crippen LogP contribution in [0.4, 0.5) is 0 Å². The van der Waals surface area contributed by atoms with Gasteiger partial charge in [0.25, 0.3) is 0 Å². The quantitative estimate of drug-likeness (QED) is 0.943. The Morgan fingerprint density at radius 1 is 1.04 bits per heavy atom. The van der Waals surface area contributed by atoms with E-state index in [9.17, 15) is 9.90 Å². The minimum atomic E-state index is -0.361. The van der Waals surface area contributed by atoms with Crippen molar-refractivity contribution in [2.75, 3.05) is 13.1 Å². The lowest BCUT2D eigenvalue weighted by Crippen LogP contribution is -2.34. The van der Waals surface area contributed by atoms with Crippen molar-refractivity contribution in [1.29, 1.82) is 0 Å². The Morgan fingerprint density at radius 3 is 2.00 bits per heavy atom. The molecule has 1 aliphatic rings. The summed E-state index contributed by atoms with van der Waals surface area (Å²) in [5.41, 5.74) is 2.04. The van der Waals surface area contributed by atoms with Crippen LogP contribution in [0.25, 0.3) is 0 Å². The zero-order chi connectivity index (χ0) is 16.2. The molecule has 1 N–H and O–H groups in total. The second kappa shape index (κ2) is 6.97. The van der Waals surface area contributed by atoms with Crippen molar-refractivity contribution in [3.05, 3.63) is 71.8 Å². The number of aliphatic hydroxyl groups excluding tert-OH is 1. The van der Waals surface area contributed by atoms with Crippen LogP contribution in [0.2, 0.25) is 0 Å². The van der Waals surface area contributed by atoms with E-state index < -0.39 is 0 Å². The van der Waals surface area contributed by atoms with Gasteiger partial charge in [-0.3, -0.25) is 4.79 Å². The normalized spacial score (nSPS) is 19.1. The van der Waals surface area contributed by atoms with Gasteiger partial charge in [-0.05, 0) is 24.5 Å². The number of carbonyl (C=O) groups is 1. The molecule has 0 saturated carbocycles. The lowest BCUT2D eigenvalue weighted by atomic mass is 9.90. The molecule has 3 rings (SSSR count). The van der Waals surface area contributed by atoms with Gasteiger partial charge in [0, 0.05) is 19.0 Å². The van der Waals surface area contributed by atoms with Gasteiger partial charge in [-0.25, -0.2) is 0 Å². The molecule has 0 aliphatic carbocycles. The maximum atomic E-state index is 13.2. The molecule has 0 spiro atoms. The third-order valence-electron chi connectivity index (χ3n) is 4.73. The van der Waals surface area contributed by atoms with Crippen LogP contribution in [0.1, 0.15) is 30.4 Å². The maximum Gasteiger partial charge on any atom is 0.234 e. The van der Waals surface area contributed by atoms with Gasteiger partial charge in [0.05, 0.1) is 12.0 Å². The fourth-order valence-electron chi connectivity index (χ4n) is 3.33. The van der Waals surface area contributed by atoms with Crippen molar-refractivity contribution in [3.8, 4) is 0 Å². The van der Waals surface area contributed by atoms with Gasteiger partial charge in [0.15, 0.2) is 0 Å². The first-order valence-electron chi connectivity index (χ1n) is 8.23. The van der Waals surface area contributed by atoms with Crippen molar-refractivity contribution in [3.63, 3.8) is 0 Å². The molecule has 23 heavy (non-hydrogen) atoms. The van der Waals surface area contributed by atoms with Gasteiger partial charge in [0.2, 0.25) is 5.91 Å². The zero-order valence-corrected chi connectivity index (χ0v) is 13.4. The van der Waals surface area contributed by atoms with Crippen molar-refractivity contribution in [2.24, 2.45) is 5.92 Å². The Kier molecular flexibility index (Phi) is 4.77. The van der Waals surface area contributed by atoms with E-state index in [1.54, 1.807) is 0 Å². The minimum absolute atomic E-state index is 0.130. The predicted molar refractivity (Wildman–Crippen MR) is 91.1 cm³/mol. The summed E-state index contributed by atoms with van der Waals surface area (Å²) >= 11 is 0. The second-order valence-corrected chi connectivity index (χ2v) is 6.33. The molecule has 0 aromatic heterocycles. The van der Waals surface area contributed by atoms with E-state index in [4.69, 9.17) is 0 Å². The summed E-state index contributed by atoms with van der Waals surface area (Å²) in [7, 11) is 0. The molecule has 0 bridgehead atoms. The van der Waals surface area contributed by atoms with E-state index in [1.807, 2.05) is 72.5 Å². The summed E-state index contributed by atoms with van der Waals surface area (Å²) in [6.07, 6.45) is 0.513. The molecule has 1 aliphatic heterocycles. The average molecular weight is 309 g/mol. The highest BCUT2D eigenvalue weighted by Crippen LogP contribution is 2.30. The van der Waals surface area contributed by atoms with Crippen molar-refractivity contribution in [1.82, 2.24) is 4.90 Å². The van der Waals surface area contributed by atoms with Gasteiger partial charge < -0.3 is 10.0 Å². The highest BCUT2D eigenvalue weighted by molar-refractivity contribution is 5.87. The molecule has 0 radical (unpaired) electrons. The van der Waals surface area contributed by atoms with E-state index in [-0.39, 0.29) is 23.8 Å². The number of rotatable bonds is 4. The van der Waals surface area contributed by atoms with Gasteiger partial charge in [-0.1, -0.05) is 60.7 Å². The molecule has 2 aromatic rings. The van der Waals surface area contributed by atoms with Crippen LogP contribution in [0.5, 0.6) is 0 Å². The van der Waals surface area contributed by atoms with E-state index in [0.29, 0.717) is 6.54 Å². The third kappa shape index (κ3) is 3.45. The van der Waals surface area contributed by atoms with Crippen LogP contribution in [-0.4, -0.2) is 35.1 Å². The molecular formula is C20H23NO2. The van der Waals surface area contributed by atoms with Crippen molar-refractivity contribution >= 4 is 5.91 Å². The summed E-state index contributed by atoms with van der Waals surface area (Å²) in [5, 5.41) is 9.79. The largest absolute Gasteiger partial charge is 0.393 e. The number of hydrogen-bond donors (Lipinski definition) is 1. The Labute approximate surface area is 137 Å². The van der Waals surface area contributed by atoms with Gasteiger partial charge in [0.1, 0.15) is 0 Å². The summed E-state index contributed by atoms with van der Waals surface area (Å²) in [4.78, 5) is 15.1. The van der Waals surface area contributed by atoms with E-state index in [0.717, 1.165) is 24.1 Å². The summed E-state index contributed by atoms with van der Waals surface area (Å²) in [5.74, 6) is 0.0434. The number of benzene rings is 2. The highest BCUT2D eigenvalue weighted by Gasteiger charge is 2.33. The second-order valence-electron chi connectivity index (χ2n) is 6.33. The first-order chi connectivity index (χ1) is 11.2. The topological polar surface area (TPSA) is 40.5 Å². The smallest absolute Gasteiger partial charge is 0.234 e. The number of aliphatic hydroxyl groups is 1. The Morgan fingerprint density at radius 2 is 1.57 bits per heavy atom. The van der Waals surface area contributed by atoms with E-state index in [2.05, 4.69) is 0 Å². The molecule has 120 valence electrons. The fraction of sp³-hybridized carbons (Fsp3) is 0.350. The first-order valence-corrected chi connectivity index (χ1v) is 8.23. The first kappa shape index (κ1) is 15.8. The molecule has 1 heterocycles. The summed E-state index contributed by atoms with van der Waals surface area (Å²) in [6.45, 7) is 3.18. The van der Waals surface area contributed by atoms with Gasteiger partial charge in [-0.15, -0.1) is 0 Å². The van der Waals surface area contributed by atoms with Crippen LogP contribution >= 0.6 is 0 Å². The summed E-state index contributed by atoms with van der Waals surface area (Å²) < 4.78 is 0. The van der Waals surface area contributed by atoms with Crippen molar-refractivity contribution < 1.29 is 9.90 Å². The van der Waals surface area contributed by atoms with Crippen LogP contribution in [0.3, 0.4) is 0 Å². The number of hydrogen-bond acceptors (Lipinski definition) is 2. The molecule has 3 heteroatoms. The molecule has 2 atom stereocenters. The zero-order valence-electron chi connectivity index (χ0n) is 13.4. The minimum Gasteiger partial charge on any atom is -0.393 e. The standard InChI is InChI=1S/C20H23NO2/c1-15(22)18-12-13-21(14-18)20(23)19(16-8-4-2-5-9-16)17-10-6-3-7-11-17/h2-11,15,18-19,22H,12-14H2,1H3. The predicted octanol–water partition coefficient (Wildman–Crippen LogP) is 3.05. The number of nitrogens with zero attached hydrogens (tertiary/aromatic N) is 1. The Bertz CT molecular complexity index is 600. The number of amides is 1. The molecule has 2 aromatic carbocycles. The van der Waals surface area contributed by atoms with Gasteiger partial charge in [-0.2, -0.15) is 0 Å². The maximum absolute atomic E-state index is 13.2. The fourth-order valence-corrected chi connectivity index (χ4v) is 3.33. The van der Waals surface area contributed by atoms with Crippen LogP contribution < -0.4 is 0 Å². The average Bonchev–Trinajstić information content (AvgIpc) is 3.07. The molecule has 1 fully saturated rings. The number of likely N-dealkylation sites (tertiary alicyclic amines) is 1. The monoisotopic (exact) mass is 309 g/mol. The number of carbonyl (C=O) groups excluding carboxylic acids is 1. The van der Waals surface area contributed by atoms with Crippen LogP contribution in [-0.2, 0) is 4.79 Å². The lowest BCUT2D eigenvalue weighted by molar-refractivity contribution is -0.131. The van der Waals surface area contributed by atoms with Crippen molar-refractivity contribution in [2.45, 2.75) is 25.4 Å². The third-order valence-corrected chi connectivity index (χ3v) is 4.73. The molecule has 1 amide bonds. The van der Waals surface area contributed by atoms with E-state index in [1.165, 1.54) is 0 Å². The molecular weight excluding hydrogens is 286 g/mol. The van der Waals surface area contributed by atoms with Gasteiger partial charge >= 0.3 is 0 Å². The van der Waals surface area contributed by atoms with E-state index >= 15 is 0 Å². The summed E-state index contributed by atoms with van der Waals surface area (Å²) in [6, 6.07) is 19.9. The van der Waals surface area contributed by atoms with Crippen LogP contribution in [0.15, 0.2) is 60.7 Å². The Balaban J connectivity index is 1.89. The molecule has 2 unspecified atom stereocenters. The molecule has 3 nitrogen and oxygen atoms in total. The lowest BCUT2D eigenvalue weighted by Gasteiger charge is -2.25. The SMILES string of the molecule is CC(O)C1CCN(C(=O)C(c2ccccc2)c2ccccc2)C1. The Hall–Kier alpha value is -2.13. The highest BCUT2D eigenvalue weighted by atomic mass is 16.3. The molecule has 1 saturated heterocycles.